The van der Waals surface area contributed by atoms with Crippen molar-refractivity contribution in [2.45, 2.75) is 4.83 Å². The molecule has 0 fully saturated rings. The topological polar surface area (TPSA) is 20.3 Å². The van der Waals surface area contributed by atoms with E-state index in [2.05, 4.69) is 20.8 Å². The Balaban J connectivity index is 2.54. The number of halogens is 1. The third kappa shape index (κ3) is 1.37. The van der Waals surface area contributed by atoms with Crippen molar-refractivity contribution in [3.63, 3.8) is 0 Å². The molecule has 0 aliphatic carbocycles. The maximum atomic E-state index is 11.7. The van der Waals surface area contributed by atoms with Crippen molar-refractivity contribution in [3.8, 4) is 0 Å². The van der Waals surface area contributed by atoms with Gasteiger partial charge in [-0.25, -0.2) is 0 Å². The van der Waals surface area contributed by atoms with Crippen LogP contribution in [0.5, 0.6) is 0 Å². The first kappa shape index (κ1) is 8.75. The molecule has 1 aliphatic rings. The van der Waals surface area contributed by atoms with Gasteiger partial charge in [0, 0.05) is 24.8 Å². The molecular weight excluding hydrogens is 230 g/mol. The van der Waals surface area contributed by atoms with Crippen LogP contribution in [0.25, 0.3) is 0 Å². The van der Waals surface area contributed by atoms with E-state index in [1.54, 1.807) is 0 Å². The first-order valence-corrected chi connectivity index (χ1v) is 5.10. The highest BCUT2D eigenvalue weighted by Crippen LogP contribution is 2.27. The second-order valence-electron chi connectivity index (χ2n) is 3.23. The summed E-state index contributed by atoms with van der Waals surface area (Å²) >= 11 is 3.37. The first-order chi connectivity index (χ1) is 6.20. The van der Waals surface area contributed by atoms with Crippen LogP contribution in [-0.4, -0.2) is 24.2 Å². The van der Waals surface area contributed by atoms with Crippen LogP contribution < -0.4 is 4.90 Å². The fourth-order valence-electron chi connectivity index (χ4n) is 1.61. The molecule has 0 amide bonds. The number of benzene rings is 1. The lowest BCUT2D eigenvalue weighted by Gasteiger charge is -2.29. The van der Waals surface area contributed by atoms with Gasteiger partial charge >= 0.3 is 0 Å². The summed E-state index contributed by atoms with van der Waals surface area (Å²) in [5.74, 6) is 0.189. The van der Waals surface area contributed by atoms with Crippen molar-refractivity contribution in [2.24, 2.45) is 0 Å². The molecule has 0 spiro atoms. The lowest BCUT2D eigenvalue weighted by Crippen LogP contribution is -2.37. The van der Waals surface area contributed by atoms with Gasteiger partial charge in [-0.1, -0.05) is 28.1 Å². The number of fused-ring (bicyclic) bond motifs is 1. The highest BCUT2D eigenvalue weighted by atomic mass is 79.9. The standard InChI is InChI=1S/C10H10BrNO/c1-12-6-8(11)10(13)7-4-2-3-5-9(7)12/h2-5,8H,6H2,1H3. The molecule has 0 saturated heterocycles. The summed E-state index contributed by atoms with van der Waals surface area (Å²) in [5.41, 5.74) is 1.85. The van der Waals surface area contributed by atoms with Crippen molar-refractivity contribution in [2.75, 3.05) is 18.5 Å². The van der Waals surface area contributed by atoms with Gasteiger partial charge in [0.2, 0.25) is 0 Å². The number of para-hydroxylation sites is 1. The number of hydrogen-bond donors (Lipinski definition) is 0. The molecule has 1 heterocycles. The van der Waals surface area contributed by atoms with Gasteiger partial charge in [-0.15, -0.1) is 0 Å². The van der Waals surface area contributed by atoms with Crippen LogP contribution in [0, 0.1) is 0 Å². The molecule has 0 aromatic heterocycles. The largest absolute Gasteiger partial charge is 0.372 e. The Hall–Kier alpha value is -0.830. The summed E-state index contributed by atoms with van der Waals surface area (Å²) in [6.45, 7) is 0.746. The summed E-state index contributed by atoms with van der Waals surface area (Å²) in [7, 11) is 2.00. The fourth-order valence-corrected chi connectivity index (χ4v) is 2.29. The van der Waals surface area contributed by atoms with Crippen LogP contribution in [0.2, 0.25) is 0 Å². The second kappa shape index (κ2) is 3.14. The van der Waals surface area contributed by atoms with Crippen LogP contribution in [-0.2, 0) is 0 Å². The number of alkyl halides is 1. The number of carbonyl (C=O) groups excluding carboxylic acids is 1. The van der Waals surface area contributed by atoms with Crippen LogP contribution in [0.4, 0.5) is 5.69 Å². The maximum Gasteiger partial charge on any atom is 0.180 e. The zero-order valence-electron chi connectivity index (χ0n) is 7.33. The Morgan fingerprint density at radius 3 is 2.92 bits per heavy atom. The summed E-state index contributed by atoms with van der Waals surface area (Å²) in [4.78, 5) is 13.7. The number of nitrogens with zero attached hydrogens (tertiary/aromatic N) is 1. The van der Waals surface area contributed by atoms with E-state index in [0.29, 0.717) is 0 Å². The molecular formula is C10H10BrNO. The predicted octanol–water partition coefficient (Wildman–Crippen LogP) is 2.08. The zero-order valence-corrected chi connectivity index (χ0v) is 8.91. The third-order valence-electron chi connectivity index (χ3n) is 2.30. The molecule has 68 valence electrons. The molecule has 3 heteroatoms. The van der Waals surface area contributed by atoms with Gasteiger partial charge in [0.25, 0.3) is 0 Å². The highest BCUT2D eigenvalue weighted by molar-refractivity contribution is 9.10. The molecule has 1 aromatic carbocycles. The number of ketones is 1. The minimum absolute atomic E-state index is 0.0626. The van der Waals surface area contributed by atoms with Gasteiger partial charge in [-0.3, -0.25) is 4.79 Å². The Labute approximate surface area is 85.7 Å². The van der Waals surface area contributed by atoms with Crippen molar-refractivity contribution in [1.29, 1.82) is 0 Å². The fraction of sp³-hybridized carbons (Fsp3) is 0.300. The molecule has 1 atom stereocenters. The molecule has 2 rings (SSSR count). The van der Waals surface area contributed by atoms with E-state index in [0.717, 1.165) is 17.8 Å². The van der Waals surface area contributed by atoms with E-state index in [9.17, 15) is 4.79 Å². The minimum Gasteiger partial charge on any atom is -0.372 e. The van der Waals surface area contributed by atoms with Gasteiger partial charge in [0.05, 0.1) is 4.83 Å². The van der Waals surface area contributed by atoms with Crippen LogP contribution in [0.15, 0.2) is 24.3 Å². The summed E-state index contributed by atoms with van der Waals surface area (Å²) in [6.07, 6.45) is 0. The van der Waals surface area contributed by atoms with Crippen LogP contribution in [0.1, 0.15) is 10.4 Å². The first-order valence-electron chi connectivity index (χ1n) is 4.18. The van der Waals surface area contributed by atoms with Gasteiger partial charge in [0.15, 0.2) is 5.78 Å². The normalized spacial score (nSPS) is 21.5. The summed E-state index contributed by atoms with van der Waals surface area (Å²) in [5, 5.41) is 0. The Bertz CT molecular complexity index is 351. The van der Waals surface area contributed by atoms with E-state index in [1.807, 2.05) is 31.3 Å². The minimum atomic E-state index is -0.0626. The predicted molar refractivity (Wildman–Crippen MR) is 56.8 cm³/mol. The molecule has 0 N–H and O–H groups in total. The lowest BCUT2D eigenvalue weighted by molar-refractivity contribution is 0.0989. The third-order valence-corrected chi connectivity index (χ3v) is 3.00. The van der Waals surface area contributed by atoms with Crippen molar-refractivity contribution < 1.29 is 4.79 Å². The molecule has 13 heavy (non-hydrogen) atoms. The van der Waals surface area contributed by atoms with Crippen LogP contribution in [0.3, 0.4) is 0 Å². The average Bonchev–Trinajstić information content (AvgIpc) is 2.15. The summed E-state index contributed by atoms with van der Waals surface area (Å²) < 4.78 is 0. The van der Waals surface area contributed by atoms with Gasteiger partial charge in [-0.2, -0.15) is 0 Å². The van der Waals surface area contributed by atoms with E-state index < -0.39 is 0 Å². The molecule has 1 unspecified atom stereocenters. The van der Waals surface area contributed by atoms with E-state index in [4.69, 9.17) is 0 Å². The van der Waals surface area contributed by atoms with Gasteiger partial charge in [0.1, 0.15) is 0 Å². The van der Waals surface area contributed by atoms with E-state index in [1.165, 1.54) is 0 Å². The smallest absolute Gasteiger partial charge is 0.180 e. The molecule has 0 radical (unpaired) electrons. The molecule has 0 bridgehead atoms. The average molecular weight is 240 g/mol. The number of hydrogen-bond acceptors (Lipinski definition) is 2. The van der Waals surface area contributed by atoms with Gasteiger partial charge in [-0.05, 0) is 12.1 Å². The summed E-state index contributed by atoms with van der Waals surface area (Å²) in [6, 6.07) is 7.71. The SMILES string of the molecule is CN1CC(Br)C(=O)c2ccccc21. The Morgan fingerprint density at radius 1 is 1.46 bits per heavy atom. The number of anilines is 1. The van der Waals surface area contributed by atoms with Crippen LogP contribution >= 0.6 is 15.9 Å². The molecule has 2 nitrogen and oxygen atoms in total. The Morgan fingerprint density at radius 2 is 2.15 bits per heavy atom. The number of Topliss-reactive ketones (excluding diaryl/α,β-unsaturated/α-hetero) is 1. The van der Waals surface area contributed by atoms with E-state index >= 15 is 0 Å². The van der Waals surface area contributed by atoms with Crippen molar-refractivity contribution in [3.05, 3.63) is 29.8 Å². The molecule has 1 aromatic rings. The quantitative estimate of drug-likeness (QED) is 0.647. The molecule has 1 aliphatic heterocycles. The second-order valence-corrected chi connectivity index (χ2v) is 4.33. The van der Waals surface area contributed by atoms with E-state index in [-0.39, 0.29) is 10.6 Å². The highest BCUT2D eigenvalue weighted by Gasteiger charge is 2.27. The van der Waals surface area contributed by atoms with Crippen molar-refractivity contribution >= 4 is 27.4 Å². The monoisotopic (exact) mass is 239 g/mol. The van der Waals surface area contributed by atoms with Crippen molar-refractivity contribution in [1.82, 2.24) is 0 Å². The number of rotatable bonds is 0. The number of carbonyl (C=O) groups is 1. The zero-order chi connectivity index (χ0) is 9.42. The van der Waals surface area contributed by atoms with Gasteiger partial charge < -0.3 is 4.90 Å². The molecule has 0 saturated carbocycles. The Kier molecular flexibility index (Phi) is 2.12. The maximum absolute atomic E-state index is 11.7. The lowest BCUT2D eigenvalue weighted by atomic mass is 10.0.